The Kier molecular flexibility index (Phi) is 4.64. The van der Waals surface area contributed by atoms with Gasteiger partial charge >= 0.3 is 5.69 Å². The van der Waals surface area contributed by atoms with Gasteiger partial charge in [0.05, 0.1) is 0 Å². The van der Waals surface area contributed by atoms with Gasteiger partial charge in [0, 0.05) is 34.9 Å². The summed E-state index contributed by atoms with van der Waals surface area (Å²) in [6.45, 7) is 2.39. The van der Waals surface area contributed by atoms with E-state index in [0.29, 0.717) is 18.1 Å². The van der Waals surface area contributed by atoms with E-state index < -0.39 is 22.0 Å². The quantitative estimate of drug-likeness (QED) is 0.716. The van der Waals surface area contributed by atoms with Crippen molar-refractivity contribution in [3.8, 4) is 0 Å². The van der Waals surface area contributed by atoms with Gasteiger partial charge < -0.3 is 11.1 Å². The lowest BCUT2D eigenvalue weighted by Crippen LogP contribution is -2.37. The van der Waals surface area contributed by atoms with Gasteiger partial charge in [-0.05, 0) is 19.3 Å². The van der Waals surface area contributed by atoms with E-state index >= 15 is 0 Å². The predicted octanol–water partition coefficient (Wildman–Crippen LogP) is -0.148. The molecule has 1 aromatic rings. The lowest BCUT2D eigenvalue weighted by molar-refractivity contribution is 0.616. The number of aromatic amines is 1. The molecule has 0 spiro atoms. The molecule has 4 N–H and O–H groups in total. The van der Waals surface area contributed by atoms with E-state index in [2.05, 4.69) is 10.3 Å². The van der Waals surface area contributed by atoms with E-state index in [0.717, 1.165) is 19.3 Å². The molecule has 1 aromatic heterocycles. The van der Waals surface area contributed by atoms with Crippen molar-refractivity contribution in [2.45, 2.75) is 38.8 Å². The summed E-state index contributed by atoms with van der Waals surface area (Å²) in [5.74, 6) is 1.43. The molecule has 8 heteroatoms. The summed E-state index contributed by atoms with van der Waals surface area (Å²) in [5.41, 5.74) is 5.21. The third kappa shape index (κ3) is 3.12. The van der Waals surface area contributed by atoms with Crippen molar-refractivity contribution < 1.29 is 4.21 Å². The van der Waals surface area contributed by atoms with Gasteiger partial charge in [0.1, 0.15) is 11.5 Å². The fraction of sp³-hybridized carbons (Fsp3) is 0.667. The average molecular weight is 300 g/mol. The van der Waals surface area contributed by atoms with E-state index in [1.54, 1.807) is 0 Å². The first-order valence-electron chi connectivity index (χ1n) is 6.77. The first-order valence-corrected chi connectivity index (χ1v) is 8.25. The van der Waals surface area contributed by atoms with Crippen LogP contribution >= 0.6 is 0 Å². The zero-order valence-corrected chi connectivity index (χ0v) is 12.3. The molecular weight excluding hydrogens is 280 g/mol. The summed E-state index contributed by atoms with van der Waals surface area (Å²) in [4.78, 5) is 25.9. The molecule has 112 valence electrons. The van der Waals surface area contributed by atoms with Crippen molar-refractivity contribution in [3.05, 3.63) is 20.8 Å². The van der Waals surface area contributed by atoms with Gasteiger partial charge in [0.25, 0.3) is 5.56 Å². The van der Waals surface area contributed by atoms with Crippen LogP contribution in [0.5, 0.6) is 0 Å². The number of H-pyrrole nitrogens is 1. The molecule has 0 aliphatic carbocycles. The molecule has 20 heavy (non-hydrogen) atoms. The van der Waals surface area contributed by atoms with Gasteiger partial charge in [-0.3, -0.25) is 18.6 Å². The van der Waals surface area contributed by atoms with Gasteiger partial charge in [-0.15, -0.1) is 0 Å². The number of aromatic nitrogens is 2. The normalized spacial score (nSPS) is 22.6. The molecule has 1 aliphatic rings. The first-order chi connectivity index (χ1) is 9.52. The number of nitrogens with zero attached hydrogens (tertiary/aromatic N) is 1. The number of hydrogen-bond donors (Lipinski definition) is 3. The Bertz CT molecular complexity index is 612. The molecule has 1 aliphatic heterocycles. The second kappa shape index (κ2) is 6.25. The largest absolute Gasteiger partial charge is 0.383 e. The van der Waals surface area contributed by atoms with E-state index in [1.165, 1.54) is 4.57 Å². The van der Waals surface area contributed by atoms with Crippen LogP contribution in [0.1, 0.15) is 26.2 Å². The van der Waals surface area contributed by atoms with Crippen LogP contribution in [0.2, 0.25) is 0 Å². The summed E-state index contributed by atoms with van der Waals surface area (Å²) in [6, 6.07) is 0.0729. The van der Waals surface area contributed by atoms with E-state index in [4.69, 9.17) is 5.73 Å². The smallest absolute Gasteiger partial charge is 0.330 e. The minimum atomic E-state index is -0.753. The number of rotatable bonds is 4. The van der Waals surface area contributed by atoms with Crippen molar-refractivity contribution in [3.63, 3.8) is 0 Å². The number of nitrogen functional groups attached to an aromatic ring is 1. The Labute approximate surface area is 119 Å². The Morgan fingerprint density at radius 3 is 2.65 bits per heavy atom. The standard InChI is InChI=1S/C12H20N4O3S/c1-2-5-16-10(13)9(11(17)15-12(16)18)14-8-3-6-20(19)7-4-8/h8,14H,2-7,13H2,1H3,(H,15,17,18). The van der Waals surface area contributed by atoms with Gasteiger partial charge in [0.15, 0.2) is 0 Å². The predicted molar refractivity (Wildman–Crippen MR) is 80.5 cm³/mol. The lowest BCUT2D eigenvalue weighted by atomic mass is 10.1. The van der Waals surface area contributed by atoms with Crippen LogP contribution < -0.4 is 22.3 Å². The molecule has 0 amide bonds. The zero-order chi connectivity index (χ0) is 14.7. The fourth-order valence-corrected chi connectivity index (χ4v) is 3.61. The van der Waals surface area contributed by atoms with Crippen molar-refractivity contribution in [1.29, 1.82) is 0 Å². The maximum atomic E-state index is 11.9. The molecule has 0 aromatic carbocycles. The number of hydrogen-bond acceptors (Lipinski definition) is 5. The third-order valence-corrected chi connectivity index (χ3v) is 4.81. The minimum absolute atomic E-state index is 0.0729. The Balaban J connectivity index is 2.27. The highest BCUT2D eigenvalue weighted by atomic mass is 32.2. The summed E-state index contributed by atoms with van der Waals surface area (Å²) >= 11 is 0. The molecule has 0 atom stereocenters. The number of anilines is 2. The molecule has 0 unspecified atom stereocenters. The summed E-state index contributed by atoms with van der Waals surface area (Å²) in [7, 11) is -0.753. The molecule has 0 bridgehead atoms. The maximum absolute atomic E-state index is 11.9. The third-order valence-electron chi connectivity index (χ3n) is 3.42. The van der Waals surface area contributed by atoms with Crippen LogP contribution in [0, 0.1) is 0 Å². The van der Waals surface area contributed by atoms with Crippen LogP contribution in [0.3, 0.4) is 0 Å². The van der Waals surface area contributed by atoms with Crippen LogP contribution in [0.4, 0.5) is 11.5 Å². The van der Waals surface area contributed by atoms with Crippen LogP contribution in [-0.2, 0) is 17.3 Å². The fourth-order valence-electron chi connectivity index (χ4n) is 2.32. The van der Waals surface area contributed by atoms with Crippen molar-refractivity contribution in [1.82, 2.24) is 9.55 Å². The van der Waals surface area contributed by atoms with Gasteiger partial charge in [-0.2, -0.15) is 0 Å². The monoisotopic (exact) mass is 300 g/mol. The molecule has 2 heterocycles. The highest BCUT2D eigenvalue weighted by Gasteiger charge is 2.20. The van der Waals surface area contributed by atoms with Gasteiger partial charge in [-0.1, -0.05) is 6.92 Å². The van der Waals surface area contributed by atoms with Gasteiger partial charge in [0.2, 0.25) is 0 Å². The molecular formula is C12H20N4O3S. The maximum Gasteiger partial charge on any atom is 0.330 e. The Morgan fingerprint density at radius 1 is 1.40 bits per heavy atom. The molecule has 0 saturated carbocycles. The second-order valence-corrected chi connectivity index (χ2v) is 6.63. The highest BCUT2D eigenvalue weighted by molar-refractivity contribution is 7.85. The minimum Gasteiger partial charge on any atom is -0.383 e. The Hall–Kier alpha value is -1.57. The van der Waals surface area contributed by atoms with Crippen LogP contribution in [0.25, 0.3) is 0 Å². The van der Waals surface area contributed by atoms with E-state index in [9.17, 15) is 13.8 Å². The molecule has 2 rings (SSSR count). The van der Waals surface area contributed by atoms with Gasteiger partial charge in [-0.25, -0.2) is 4.79 Å². The van der Waals surface area contributed by atoms with Crippen molar-refractivity contribution in [2.75, 3.05) is 22.6 Å². The summed E-state index contributed by atoms with van der Waals surface area (Å²) in [6.07, 6.45) is 2.22. The number of nitrogens with one attached hydrogen (secondary N) is 2. The molecule has 0 radical (unpaired) electrons. The topological polar surface area (TPSA) is 110 Å². The highest BCUT2D eigenvalue weighted by Crippen LogP contribution is 2.17. The molecule has 1 fully saturated rings. The van der Waals surface area contributed by atoms with Crippen molar-refractivity contribution in [2.24, 2.45) is 0 Å². The van der Waals surface area contributed by atoms with Crippen LogP contribution in [-0.4, -0.2) is 31.3 Å². The Morgan fingerprint density at radius 2 is 2.05 bits per heavy atom. The first kappa shape index (κ1) is 14.8. The summed E-state index contributed by atoms with van der Waals surface area (Å²) in [5, 5.41) is 3.10. The number of nitrogens with two attached hydrogens (primary N) is 1. The van der Waals surface area contributed by atoms with Crippen LogP contribution in [0.15, 0.2) is 9.59 Å². The second-order valence-electron chi connectivity index (χ2n) is 4.94. The molecule has 1 saturated heterocycles. The zero-order valence-electron chi connectivity index (χ0n) is 11.5. The van der Waals surface area contributed by atoms with E-state index in [-0.39, 0.29) is 17.5 Å². The average Bonchev–Trinajstić information content (AvgIpc) is 2.41. The van der Waals surface area contributed by atoms with E-state index in [1.807, 2.05) is 6.92 Å². The van der Waals surface area contributed by atoms with Crippen molar-refractivity contribution >= 4 is 22.3 Å². The molecule has 7 nitrogen and oxygen atoms in total. The summed E-state index contributed by atoms with van der Waals surface area (Å²) < 4.78 is 12.7. The lowest BCUT2D eigenvalue weighted by Gasteiger charge is -2.24. The SMILES string of the molecule is CCCn1c(N)c(NC2CCS(=O)CC2)c(=O)[nH]c1=O.